The number of nitrogens with zero attached hydrogens (tertiary/aromatic N) is 3. The van der Waals surface area contributed by atoms with Gasteiger partial charge in [-0.05, 0) is 54.8 Å². The van der Waals surface area contributed by atoms with Gasteiger partial charge >= 0.3 is 0 Å². The number of aromatic nitrogens is 2. The predicted octanol–water partition coefficient (Wildman–Crippen LogP) is 6.24. The molecule has 0 saturated carbocycles. The summed E-state index contributed by atoms with van der Waals surface area (Å²) in [6.07, 6.45) is 1.88. The van der Waals surface area contributed by atoms with Crippen molar-refractivity contribution in [3.8, 4) is 16.9 Å². The van der Waals surface area contributed by atoms with Gasteiger partial charge in [0.15, 0.2) is 0 Å². The highest BCUT2D eigenvalue weighted by atomic mass is 35.5. The number of nitrogens with one attached hydrogen (secondary N) is 1. The fourth-order valence-corrected chi connectivity index (χ4v) is 4.09. The van der Waals surface area contributed by atoms with E-state index in [0.717, 1.165) is 16.8 Å². The van der Waals surface area contributed by atoms with Crippen LogP contribution in [0.2, 0.25) is 5.02 Å². The van der Waals surface area contributed by atoms with Gasteiger partial charge in [0, 0.05) is 34.6 Å². The van der Waals surface area contributed by atoms with Crippen molar-refractivity contribution in [3.05, 3.63) is 101 Å². The number of amides is 2. The van der Waals surface area contributed by atoms with Crippen molar-refractivity contribution < 1.29 is 9.59 Å². The molecule has 0 spiro atoms. The molecular formula is C29H29ClN4O2. The minimum atomic E-state index is -0.318. The van der Waals surface area contributed by atoms with Crippen LogP contribution in [-0.2, 0) is 4.79 Å². The molecule has 0 radical (unpaired) electrons. The summed E-state index contributed by atoms with van der Waals surface area (Å²) in [6, 6.07) is 24.4. The van der Waals surface area contributed by atoms with Gasteiger partial charge in [-0.2, -0.15) is 0 Å². The van der Waals surface area contributed by atoms with Gasteiger partial charge in [-0.15, -0.1) is 0 Å². The molecule has 0 aliphatic rings. The van der Waals surface area contributed by atoms with E-state index in [4.69, 9.17) is 16.6 Å². The van der Waals surface area contributed by atoms with Crippen LogP contribution >= 0.6 is 11.6 Å². The van der Waals surface area contributed by atoms with E-state index in [-0.39, 0.29) is 24.3 Å². The lowest BCUT2D eigenvalue weighted by molar-refractivity contribution is -0.117. The number of imidazole rings is 1. The summed E-state index contributed by atoms with van der Waals surface area (Å²) in [5.41, 5.74) is 4.09. The summed E-state index contributed by atoms with van der Waals surface area (Å²) in [4.78, 5) is 32.6. The number of anilines is 1. The minimum Gasteiger partial charge on any atom is -0.329 e. The molecule has 4 rings (SSSR count). The summed E-state index contributed by atoms with van der Waals surface area (Å²) in [6.45, 7) is 6.43. The molecule has 0 atom stereocenters. The van der Waals surface area contributed by atoms with E-state index in [1.54, 1.807) is 29.2 Å². The van der Waals surface area contributed by atoms with Gasteiger partial charge < -0.3 is 4.90 Å². The van der Waals surface area contributed by atoms with Gasteiger partial charge in [0.05, 0.1) is 5.69 Å². The topological polar surface area (TPSA) is 67.2 Å². The van der Waals surface area contributed by atoms with E-state index < -0.39 is 0 Å². The Bertz CT molecular complexity index is 1350. The second kappa shape index (κ2) is 11.2. The molecule has 0 aliphatic carbocycles. The molecule has 3 aromatic carbocycles. The zero-order chi connectivity index (χ0) is 25.7. The Labute approximate surface area is 216 Å². The number of hydrogen-bond donors (Lipinski definition) is 1. The summed E-state index contributed by atoms with van der Waals surface area (Å²) < 4.78 is 1.85. The maximum absolute atomic E-state index is 13.2. The molecular weight excluding hydrogens is 472 g/mol. The zero-order valence-electron chi connectivity index (χ0n) is 20.6. The molecule has 1 N–H and O–H groups in total. The third-order valence-electron chi connectivity index (χ3n) is 5.60. The van der Waals surface area contributed by atoms with Crippen molar-refractivity contribution >= 4 is 29.4 Å². The van der Waals surface area contributed by atoms with Gasteiger partial charge in [-0.1, -0.05) is 67.9 Å². The highest BCUT2D eigenvalue weighted by Crippen LogP contribution is 2.26. The van der Waals surface area contributed by atoms with Gasteiger partial charge in [0.2, 0.25) is 11.9 Å². The molecule has 0 saturated heterocycles. The number of carbonyl (C=O) groups excluding carboxylic acids is 2. The fourth-order valence-electron chi connectivity index (χ4n) is 3.96. The first-order valence-electron chi connectivity index (χ1n) is 11.9. The monoisotopic (exact) mass is 500 g/mol. The number of halogens is 1. The van der Waals surface area contributed by atoms with Crippen molar-refractivity contribution in [1.29, 1.82) is 0 Å². The van der Waals surface area contributed by atoms with Crippen molar-refractivity contribution in [1.82, 2.24) is 14.5 Å². The Morgan fingerprint density at radius 2 is 1.72 bits per heavy atom. The lowest BCUT2D eigenvalue weighted by Crippen LogP contribution is -2.40. The fraction of sp³-hybridized carbons (Fsp3) is 0.207. The largest absolute Gasteiger partial charge is 0.329 e. The van der Waals surface area contributed by atoms with Crippen LogP contribution in [0.1, 0.15) is 29.8 Å². The summed E-state index contributed by atoms with van der Waals surface area (Å²) in [5.74, 6) is 0.0916. The number of benzene rings is 3. The van der Waals surface area contributed by atoms with Crippen LogP contribution in [0.25, 0.3) is 16.9 Å². The second-order valence-electron chi connectivity index (χ2n) is 9.16. The van der Waals surface area contributed by atoms with Gasteiger partial charge in [-0.25, -0.2) is 4.98 Å². The van der Waals surface area contributed by atoms with Crippen LogP contribution < -0.4 is 5.32 Å². The van der Waals surface area contributed by atoms with E-state index in [1.807, 2.05) is 86.1 Å². The van der Waals surface area contributed by atoms with Crippen molar-refractivity contribution in [3.63, 3.8) is 0 Å². The first-order chi connectivity index (χ1) is 17.3. The Hall–Kier alpha value is -3.90. The number of carbonyl (C=O) groups is 2. The first kappa shape index (κ1) is 25.2. The van der Waals surface area contributed by atoms with Crippen LogP contribution in [0.15, 0.2) is 85.1 Å². The summed E-state index contributed by atoms with van der Waals surface area (Å²) in [5, 5.41) is 3.57. The van der Waals surface area contributed by atoms with Gasteiger partial charge in [0.25, 0.3) is 5.91 Å². The van der Waals surface area contributed by atoms with E-state index in [1.165, 1.54) is 0 Å². The Balaban J connectivity index is 1.62. The Kier molecular flexibility index (Phi) is 7.86. The molecule has 4 aromatic rings. The molecule has 1 heterocycles. The van der Waals surface area contributed by atoms with Crippen LogP contribution in [0.5, 0.6) is 0 Å². The standard InChI is InChI=1S/C29H29ClN4O2/c1-20(2)17-33(28(36)23-9-5-4-6-10-23)19-27(35)32-29-31-26(22-12-14-24(30)15-13-22)18-34(29)25-11-7-8-21(3)16-25/h4-16,18,20H,17,19H2,1-3H3,(H,31,32,35). The highest BCUT2D eigenvalue weighted by molar-refractivity contribution is 6.30. The molecule has 184 valence electrons. The molecule has 0 unspecified atom stereocenters. The van der Waals surface area contributed by atoms with E-state index >= 15 is 0 Å². The first-order valence-corrected chi connectivity index (χ1v) is 12.2. The molecule has 1 aromatic heterocycles. The lowest BCUT2D eigenvalue weighted by Gasteiger charge is -2.24. The summed E-state index contributed by atoms with van der Waals surface area (Å²) in [7, 11) is 0. The Morgan fingerprint density at radius 1 is 1.00 bits per heavy atom. The average Bonchev–Trinajstić information content (AvgIpc) is 3.27. The maximum Gasteiger partial charge on any atom is 0.254 e. The normalized spacial score (nSPS) is 10.9. The van der Waals surface area contributed by atoms with Crippen LogP contribution in [-0.4, -0.2) is 39.4 Å². The van der Waals surface area contributed by atoms with Gasteiger partial charge in [0.1, 0.15) is 6.54 Å². The van der Waals surface area contributed by atoms with Crippen LogP contribution in [0.4, 0.5) is 5.95 Å². The smallest absolute Gasteiger partial charge is 0.254 e. The molecule has 6 nitrogen and oxygen atoms in total. The number of aryl methyl sites for hydroxylation is 1. The molecule has 0 aliphatic heterocycles. The SMILES string of the molecule is Cc1cccc(-n2cc(-c3ccc(Cl)cc3)nc2NC(=O)CN(CC(C)C)C(=O)c2ccccc2)c1. The molecule has 0 fully saturated rings. The molecule has 7 heteroatoms. The highest BCUT2D eigenvalue weighted by Gasteiger charge is 2.21. The lowest BCUT2D eigenvalue weighted by atomic mass is 10.1. The summed E-state index contributed by atoms with van der Waals surface area (Å²) >= 11 is 6.06. The minimum absolute atomic E-state index is 0.0805. The van der Waals surface area contributed by atoms with E-state index in [0.29, 0.717) is 28.8 Å². The van der Waals surface area contributed by atoms with E-state index in [9.17, 15) is 9.59 Å². The average molecular weight is 501 g/mol. The predicted molar refractivity (Wildman–Crippen MR) is 145 cm³/mol. The van der Waals surface area contributed by atoms with Crippen molar-refractivity contribution in [2.75, 3.05) is 18.4 Å². The molecule has 2 amide bonds. The quantitative estimate of drug-likeness (QED) is 0.311. The maximum atomic E-state index is 13.2. The van der Waals surface area contributed by atoms with E-state index in [2.05, 4.69) is 5.32 Å². The van der Waals surface area contributed by atoms with Crippen LogP contribution in [0, 0.1) is 12.8 Å². The van der Waals surface area contributed by atoms with Crippen molar-refractivity contribution in [2.45, 2.75) is 20.8 Å². The Morgan fingerprint density at radius 3 is 2.39 bits per heavy atom. The third kappa shape index (κ3) is 6.20. The second-order valence-corrected chi connectivity index (χ2v) is 9.60. The molecule has 36 heavy (non-hydrogen) atoms. The number of rotatable bonds is 8. The van der Waals surface area contributed by atoms with Gasteiger partial charge in [-0.3, -0.25) is 19.5 Å². The number of hydrogen-bond acceptors (Lipinski definition) is 3. The van der Waals surface area contributed by atoms with Crippen LogP contribution in [0.3, 0.4) is 0 Å². The third-order valence-corrected chi connectivity index (χ3v) is 5.86. The van der Waals surface area contributed by atoms with Crippen molar-refractivity contribution in [2.24, 2.45) is 5.92 Å². The zero-order valence-corrected chi connectivity index (χ0v) is 21.4. The molecule has 0 bridgehead atoms.